The molecule has 1 fully saturated rings. The lowest BCUT2D eigenvalue weighted by atomic mass is 10.1. The van der Waals surface area contributed by atoms with E-state index in [0.29, 0.717) is 12.1 Å². The molecule has 0 bridgehead atoms. The van der Waals surface area contributed by atoms with Crippen LogP contribution in [0.25, 0.3) is 0 Å². The van der Waals surface area contributed by atoms with E-state index in [1.807, 2.05) is 0 Å². The molecule has 1 rings (SSSR count). The topological polar surface area (TPSA) is 12.5 Å². The van der Waals surface area contributed by atoms with Crippen LogP contribution in [0.2, 0.25) is 0 Å². The Kier molecular flexibility index (Phi) is 2.09. The summed E-state index contributed by atoms with van der Waals surface area (Å²) < 4.78 is 5.39. The first-order valence-corrected chi connectivity index (χ1v) is 3.50. The first-order chi connectivity index (χ1) is 4.22. The molecule has 0 radical (unpaired) electrons. The molecule has 0 amide bonds. The average Bonchev–Trinajstić information content (AvgIpc) is 2.13. The largest absolute Gasteiger partial charge is 0.377 e. The van der Waals surface area contributed by atoms with Gasteiger partial charge in [-0.25, -0.2) is 0 Å². The van der Waals surface area contributed by atoms with Gasteiger partial charge in [0.25, 0.3) is 0 Å². The summed E-state index contributed by atoms with van der Waals surface area (Å²) in [5, 5.41) is 0. The highest BCUT2D eigenvalue weighted by Crippen LogP contribution is 2.16. The zero-order valence-electron chi connectivity index (χ0n) is 6.42. The molecule has 0 unspecified atom stereocenters. The second kappa shape index (κ2) is 2.67. The Morgan fingerprint density at radius 2 is 2.11 bits per heavy atom. The molecule has 0 aromatic rings. The highest BCUT2D eigenvalue weighted by Gasteiger charge is 2.25. The number of hydrogen-bond donors (Lipinski definition) is 0. The van der Waals surface area contributed by atoms with Crippen LogP contribution in [0.15, 0.2) is 0 Å². The summed E-state index contributed by atoms with van der Waals surface area (Å²) in [6.07, 6.45) is 1.62. The minimum Gasteiger partial charge on any atom is -0.377 e. The Morgan fingerprint density at radius 1 is 1.44 bits per heavy atom. The maximum Gasteiger partial charge on any atom is 0.0702 e. The van der Waals surface area contributed by atoms with E-state index in [1.54, 1.807) is 0 Å². The fourth-order valence-electron chi connectivity index (χ4n) is 1.40. The van der Waals surface area contributed by atoms with Gasteiger partial charge in [-0.1, -0.05) is 0 Å². The van der Waals surface area contributed by atoms with Gasteiger partial charge in [0.15, 0.2) is 0 Å². The first kappa shape index (κ1) is 7.03. The van der Waals surface area contributed by atoms with Crippen LogP contribution >= 0.6 is 0 Å². The smallest absolute Gasteiger partial charge is 0.0702 e. The molecule has 0 aliphatic carbocycles. The molecule has 0 spiro atoms. The molecule has 1 heterocycles. The van der Waals surface area contributed by atoms with Crippen molar-refractivity contribution in [1.82, 2.24) is 4.90 Å². The Morgan fingerprint density at radius 3 is 2.33 bits per heavy atom. The third kappa shape index (κ3) is 1.43. The lowest BCUT2D eigenvalue weighted by Crippen LogP contribution is -2.33. The molecule has 0 saturated carbocycles. The van der Waals surface area contributed by atoms with E-state index in [1.165, 1.54) is 6.42 Å². The van der Waals surface area contributed by atoms with Crippen molar-refractivity contribution in [2.45, 2.75) is 25.5 Å². The summed E-state index contributed by atoms with van der Waals surface area (Å²) in [6, 6.07) is 0.644. The van der Waals surface area contributed by atoms with E-state index in [4.69, 9.17) is 4.74 Å². The predicted octanol–water partition coefficient (Wildman–Crippen LogP) is 0.725. The Hall–Kier alpha value is -0.0800. The summed E-state index contributed by atoms with van der Waals surface area (Å²) in [5.74, 6) is 0. The van der Waals surface area contributed by atoms with Gasteiger partial charge in [-0.3, -0.25) is 0 Å². The van der Waals surface area contributed by atoms with E-state index in [2.05, 4.69) is 25.9 Å². The van der Waals surface area contributed by atoms with Crippen LogP contribution < -0.4 is 0 Å². The molecule has 0 aromatic carbocycles. The second-order valence-electron chi connectivity index (χ2n) is 2.90. The highest BCUT2D eigenvalue weighted by atomic mass is 16.5. The fraction of sp³-hybridized carbons (Fsp3) is 1.00. The zero-order valence-corrected chi connectivity index (χ0v) is 6.42. The van der Waals surface area contributed by atoms with Crippen molar-refractivity contribution in [3.63, 3.8) is 0 Å². The normalized spacial score (nSPS) is 36.0. The summed E-state index contributed by atoms with van der Waals surface area (Å²) in [6.45, 7) is 3.07. The summed E-state index contributed by atoms with van der Waals surface area (Å²) >= 11 is 0. The monoisotopic (exact) mass is 129 g/mol. The minimum absolute atomic E-state index is 0.431. The maximum absolute atomic E-state index is 5.39. The van der Waals surface area contributed by atoms with Gasteiger partial charge in [0.1, 0.15) is 0 Å². The van der Waals surface area contributed by atoms with E-state index < -0.39 is 0 Å². The summed E-state index contributed by atoms with van der Waals surface area (Å²) in [5.41, 5.74) is 0. The maximum atomic E-state index is 5.39. The standard InChI is InChI=1S/C7H15NO/c1-6-7(8(2)3)4-5-9-6/h6-7H,4-5H2,1-3H3/t6-,7-/m1/s1. The quantitative estimate of drug-likeness (QED) is 0.517. The van der Waals surface area contributed by atoms with Crippen molar-refractivity contribution in [3.05, 3.63) is 0 Å². The van der Waals surface area contributed by atoms with Crippen molar-refractivity contribution in [2.75, 3.05) is 20.7 Å². The summed E-state index contributed by atoms with van der Waals surface area (Å²) in [4.78, 5) is 2.23. The number of likely N-dealkylation sites (N-methyl/N-ethyl adjacent to an activating group) is 1. The Balaban J connectivity index is 2.40. The van der Waals surface area contributed by atoms with E-state index in [-0.39, 0.29) is 0 Å². The van der Waals surface area contributed by atoms with Gasteiger partial charge in [0, 0.05) is 12.6 Å². The van der Waals surface area contributed by atoms with Crippen molar-refractivity contribution in [3.8, 4) is 0 Å². The van der Waals surface area contributed by atoms with Gasteiger partial charge in [0.05, 0.1) is 6.10 Å². The van der Waals surface area contributed by atoms with Gasteiger partial charge in [-0.2, -0.15) is 0 Å². The van der Waals surface area contributed by atoms with Gasteiger partial charge < -0.3 is 9.64 Å². The molecule has 1 aliphatic rings. The molecule has 54 valence electrons. The first-order valence-electron chi connectivity index (χ1n) is 3.50. The van der Waals surface area contributed by atoms with E-state index in [0.717, 1.165) is 6.61 Å². The molecule has 9 heavy (non-hydrogen) atoms. The second-order valence-corrected chi connectivity index (χ2v) is 2.90. The van der Waals surface area contributed by atoms with Crippen molar-refractivity contribution < 1.29 is 4.74 Å². The third-order valence-electron chi connectivity index (χ3n) is 2.00. The van der Waals surface area contributed by atoms with Crippen LogP contribution in [0.5, 0.6) is 0 Å². The van der Waals surface area contributed by atoms with Crippen LogP contribution in [0.1, 0.15) is 13.3 Å². The summed E-state index contributed by atoms with van der Waals surface area (Å²) in [7, 11) is 4.21. The molecule has 0 N–H and O–H groups in total. The van der Waals surface area contributed by atoms with Gasteiger partial charge >= 0.3 is 0 Å². The predicted molar refractivity (Wildman–Crippen MR) is 37.5 cm³/mol. The number of ether oxygens (including phenoxy) is 1. The number of hydrogen-bond acceptors (Lipinski definition) is 2. The Bertz CT molecular complexity index is 92.9. The molecule has 0 aromatic heterocycles. The lowest BCUT2D eigenvalue weighted by molar-refractivity contribution is 0.0913. The van der Waals surface area contributed by atoms with Crippen LogP contribution in [0.3, 0.4) is 0 Å². The molecule has 2 heteroatoms. The van der Waals surface area contributed by atoms with Gasteiger partial charge in [-0.15, -0.1) is 0 Å². The number of rotatable bonds is 1. The third-order valence-corrected chi connectivity index (χ3v) is 2.00. The van der Waals surface area contributed by atoms with Crippen LogP contribution in [0.4, 0.5) is 0 Å². The molecular weight excluding hydrogens is 114 g/mol. The zero-order chi connectivity index (χ0) is 6.85. The van der Waals surface area contributed by atoms with Crippen molar-refractivity contribution >= 4 is 0 Å². The SMILES string of the molecule is C[C@H]1OCC[C@H]1N(C)C. The van der Waals surface area contributed by atoms with E-state index >= 15 is 0 Å². The number of nitrogens with zero attached hydrogens (tertiary/aromatic N) is 1. The van der Waals surface area contributed by atoms with Crippen LogP contribution in [0, 0.1) is 0 Å². The highest BCUT2D eigenvalue weighted by molar-refractivity contribution is 4.78. The van der Waals surface area contributed by atoms with E-state index in [9.17, 15) is 0 Å². The van der Waals surface area contributed by atoms with Crippen LogP contribution in [-0.2, 0) is 4.74 Å². The molecule has 1 aliphatic heterocycles. The van der Waals surface area contributed by atoms with Gasteiger partial charge in [0.2, 0.25) is 0 Å². The average molecular weight is 129 g/mol. The lowest BCUT2D eigenvalue weighted by Gasteiger charge is -2.21. The Labute approximate surface area is 56.8 Å². The van der Waals surface area contributed by atoms with Crippen molar-refractivity contribution in [2.24, 2.45) is 0 Å². The molecule has 2 nitrogen and oxygen atoms in total. The van der Waals surface area contributed by atoms with Gasteiger partial charge in [-0.05, 0) is 27.4 Å². The molecule has 2 atom stereocenters. The minimum atomic E-state index is 0.431. The molecular formula is C7H15NO. The fourth-order valence-corrected chi connectivity index (χ4v) is 1.40. The van der Waals surface area contributed by atoms with Crippen molar-refractivity contribution in [1.29, 1.82) is 0 Å². The van der Waals surface area contributed by atoms with Crippen LogP contribution in [-0.4, -0.2) is 37.7 Å². The molecule has 1 saturated heterocycles.